The highest BCUT2D eigenvalue weighted by molar-refractivity contribution is 6.76. The Kier molecular flexibility index (Phi) is 2.51. The standard InChI is InChI=1S/C13H18BN/c1-4-11-6-2-7-12(5-1)14(11)13-8-3-9-15-10-13/h3,8-12H,1-2,4-7H2. The second-order valence-corrected chi connectivity index (χ2v) is 5.19. The van der Waals surface area contributed by atoms with Crippen LogP contribution in [0.15, 0.2) is 24.5 Å². The normalized spacial score (nSPS) is 30.3. The van der Waals surface area contributed by atoms with Gasteiger partial charge in [0.2, 0.25) is 0 Å². The van der Waals surface area contributed by atoms with Crippen LogP contribution in [0.4, 0.5) is 0 Å². The van der Waals surface area contributed by atoms with Crippen LogP contribution >= 0.6 is 0 Å². The summed E-state index contributed by atoms with van der Waals surface area (Å²) in [6.07, 6.45) is 12.7. The van der Waals surface area contributed by atoms with E-state index in [9.17, 15) is 0 Å². The van der Waals surface area contributed by atoms with E-state index in [-0.39, 0.29) is 0 Å². The van der Waals surface area contributed by atoms with Gasteiger partial charge < -0.3 is 0 Å². The van der Waals surface area contributed by atoms with E-state index >= 15 is 0 Å². The molecule has 2 aliphatic heterocycles. The van der Waals surface area contributed by atoms with Gasteiger partial charge in [0.15, 0.2) is 6.71 Å². The molecule has 1 aromatic rings. The van der Waals surface area contributed by atoms with Crippen LogP contribution in [0.5, 0.6) is 0 Å². The van der Waals surface area contributed by atoms with Crippen molar-refractivity contribution in [2.45, 2.75) is 50.2 Å². The number of rotatable bonds is 1. The number of aromatic nitrogens is 1. The molecule has 2 aliphatic rings. The van der Waals surface area contributed by atoms with Crippen LogP contribution in [-0.4, -0.2) is 11.7 Å². The molecule has 1 aromatic heterocycles. The third-order valence-electron chi connectivity index (χ3n) is 4.38. The van der Waals surface area contributed by atoms with Crippen molar-refractivity contribution in [2.24, 2.45) is 0 Å². The van der Waals surface area contributed by atoms with Crippen molar-refractivity contribution in [3.63, 3.8) is 0 Å². The van der Waals surface area contributed by atoms with E-state index in [2.05, 4.69) is 23.3 Å². The van der Waals surface area contributed by atoms with Crippen LogP contribution in [0.3, 0.4) is 0 Å². The quantitative estimate of drug-likeness (QED) is 0.633. The van der Waals surface area contributed by atoms with Gasteiger partial charge in [0, 0.05) is 12.4 Å². The van der Waals surface area contributed by atoms with Crippen molar-refractivity contribution in [1.29, 1.82) is 0 Å². The lowest BCUT2D eigenvalue weighted by Crippen LogP contribution is -2.44. The molecule has 3 heterocycles. The Hall–Kier alpha value is -0.785. The Labute approximate surface area is 92.4 Å². The highest BCUT2D eigenvalue weighted by Crippen LogP contribution is 2.45. The highest BCUT2D eigenvalue weighted by atomic mass is 14.6. The number of fused-ring (bicyclic) bond motifs is 2. The summed E-state index contributed by atoms with van der Waals surface area (Å²) in [4.78, 5) is 4.29. The van der Waals surface area contributed by atoms with E-state index < -0.39 is 0 Å². The second kappa shape index (κ2) is 4.00. The summed E-state index contributed by atoms with van der Waals surface area (Å²) in [7, 11) is 0. The molecule has 0 N–H and O–H groups in total. The largest absolute Gasteiger partial charge is 0.265 e. The molecule has 0 spiro atoms. The molecule has 2 saturated heterocycles. The maximum absolute atomic E-state index is 4.29. The monoisotopic (exact) mass is 199 g/mol. The van der Waals surface area contributed by atoms with Crippen molar-refractivity contribution >= 4 is 12.2 Å². The van der Waals surface area contributed by atoms with E-state index in [1.807, 2.05) is 6.20 Å². The van der Waals surface area contributed by atoms with E-state index in [0.29, 0.717) is 0 Å². The molecule has 15 heavy (non-hydrogen) atoms. The first-order valence-corrected chi connectivity index (χ1v) is 6.35. The van der Waals surface area contributed by atoms with Crippen LogP contribution in [0.2, 0.25) is 11.6 Å². The molecule has 3 rings (SSSR count). The zero-order valence-corrected chi connectivity index (χ0v) is 9.23. The van der Waals surface area contributed by atoms with E-state index in [4.69, 9.17) is 0 Å². The average molecular weight is 199 g/mol. The Morgan fingerprint density at radius 3 is 2.27 bits per heavy atom. The first-order chi connectivity index (χ1) is 7.45. The van der Waals surface area contributed by atoms with Gasteiger partial charge in [-0.2, -0.15) is 0 Å². The molecular weight excluding hydrogens is 181 g/mol. The molecule has 0 atom stereocenters. The van der Waals surface area contributed by atoms with E-state index in [1.165, 1.54) is 44.0 Å². The van der Waals surface area contributed by atoms with Crippen molar-refractivity contribution in [3.05, 3.63) is 24.5 Å². The first-order valence-electron chi connectivity index (χ1n) is 6.35. The van der Waals surface area contributed by atoms with Gasteiger partial charge in [0.1, 0.15) is 0 Å². The van der Waals surface area contributed by atoms with E-state index in [0.717, 1.165) is 18.3 Å². The molecule has 2 heteroatoms. The second-order valence-electron chi connectivity index (χ2n) is 5.19. The Balaban J connectivity index is 1.90. The predicted octanol–water partition coefficient (Wildman–Crippen LogP) is 2.89. The summed E-state index contributed by atoms with van der Waals surface area (Å²) in [5, 5.41) is 0. The molecule has 0 radical (unpaired) electrons. The molecule has 1 nitrogen and oxygen atoms in total. The first kappa shape index (κ1) is 9.44. The Morgan fingerprint density at radius 2 is 1.73 bits per heavy atom. The van der Waals surface area contributed by atoms with Gasteiger partial charge >= 0.3 is 0 Å². The van der Waals surface area contributed by atoms with Gasteiger partial charge in [-0.15, -0.1) is 0 Å². The van der Waals surface area contributed by atoms with Crippen LogP contribution in [0, 0.1) is 0 Å². The van der Waals surface area contributed by atoms with Crippen LogP contribution in [-0.2, 0) is 0 Å². The summed E-state index contributed by atoms with van der Waals surface area (Å²) in [5.74, 6) is 1.92. The smallest absolute Gasteiger partial charge is 0.184 e. The fourth-order valence-corrected chi connectivity index (χ4v) is 3.79. The molecule has 0 unspecified atom stereocenters. The lowest BCUT2D eigenvalue weighted by atomic mass is 9.25. The maximum atomic E-state index is 4.29. The average Bonchev–Trinajstić information content (AvgIpc) is 2.29. The minimum atomic E-state index is 0.834. The Morgan fingerprint density at radius 1 is 1.07 bits per heavy atom. The van der Waals surface area contributed by atoms with E-state index in [1.54, 1.807) is 0 Å². The van der Waals surface area contributed by atoms with Gasteiger partial charge in [0.05, 0.1) is 0 Å². The zero-order valence-electron chi connectivity index (χ0n) is 9.23. The van der Waals surface area contributed by atoms with Gasteiger partial charge in [0.25, 0.3) is 0 Å². The number of nitrogens with zero attached hydrogens (tertiary/aromatic N) is 1. The van der Waals surface area contributed by atoms with Crippen molar-refractivity contribution in [2.75, 3.05) is 0 Å². The summed E-state index contributed by atoms with van der Waals surface area (Å²) in [6, 6.07) is 4.38. The number of hydrogen-bond acceptors (Lipinski definition) is 1. The van der Waals surface area contributed by atoms with Gasteiger partial charge in [-0.1, -0.05) is 61.7 Å². The molecule has 78 valence electrons. The topological polar surface area (TPSA) is 12.9 Å². The molecule has 0 amide bonds. The van der Waals surface area contributed by atoms with Crippen molar-refractivity contribution in [1.82, 2.24) is 4.98 Å². The third-order valence-corrected chi connectivity index (χ3v) is 4.38. The molecule has 0 aliphatic carbocycles. The van der Waals surface area contributed by atoms with Crippen molar-refractivity contribution < 1.29 is 0 Å². The fraction of sp³-hybridized carbons (Fsp3) is 0.615. The molecule has 0 aromatic carbocycles. The predicted molar refractivity (Wildman–Crippen MR) is 64.8 cm³/mol. The summed E-state index contributed by atoms with van der Waals surface area (Å²) < 4.78 is 0. The maximum Gasteiger partial charge on any atom is 0.184 e. The third kappa shape index (κ3) is 1.71. The lowest BCUT2D eigenvalue weighted by molar-refractivity contribution is 0.448. The number of hydrogen-bond donors (Lipinski definition) is 0. The number of pyridine rings is 1. The summed E-state index contributed by atoms with van der Waals surface area (Å²) in [5.41, 5.74) is 1.51. The summed E-state index contributed by atoms with van der Waals surface area (Å²) >= 11 is 0. The highest BCUT2D eigenvalue weighted by Gasteiger charge is 2.39. The Bertz CT molecular complexity index is 303. The zero-order chi connectivity index (χ0) is 10.1. The lowest BCUT2D eigenvalue weighted by Gasteiger charge is -2.40. The van der Waals surface area contributed by atoms with Gasteiger partial charge in [-0.25, -0.2) is 0 Å². The van der Waals surface area contributed by atoms with Crippen LogP contribution < -0.4 is 5.46 Å². The SMILES string of the molecule is c1cncc(B2C3CCCC2CCC3)c1. The van der Waals surface area contributed by atoms with Gasteiger partial charge in [-0.3, -0.25) is 4.98 Å². The fourth-order valence-electron chi connectivity index (χ4n) is 3.79. The molecule has 2 fully saturated rings. The van der Waals surface area contributed by atoms with Crippen molar-refractivity contribution in [3.8, 4) is 0 Å². The molecule has 2 bridgehead atoms. The minimum absolute atomic E-state index is 0.834. The minimum Gasteiger partial charge on any atom is -0.265 e. The van der Waals surface area contributed by atoms with Gasteiger partial charge in [-0.05, 0) is 6.07 Å². The summed E-state index contributed by atoms with van der Waals surface area (Å²) in [6.45, 7) is 0.834. The molecular formula is C13H18BN. The van der Waals surface area contributed by atoms with Crippen LogP contribution in [0.1, 0.15) is 38.5 Å². The van der Waals surface area contributed by atoms with Crippen LogP contribution in [0.25, 0.3) is 0 Å². The molecule has 0 saturated carbocycles.